The molecule has 6 nitrogen and oxygen atoms in total. The fourth-order valence-corrected chi connectivity index (χ4v) is 3.41. The Hall–Kier alpha value is -1.14. The second kappa shape index (κ2) is 6.75. The van der Waals surface area contributed by atoms with Crippen molar-refractivity contribution in [3.05, 3.63) is 0 Å². The summed E-state index contributed by atoms with van der Waals surface area (Å²) in [4.78, 5) is 27.8. The quantitative estimate of drug-likeness (QED) is 0.785. The monoisotopic (exact) mass is 297 g/mol. The molecule has 0 saturated carbocycles. The minimum absolute atomic E-state index is 0.250. The minimum atomic E-state index is -0.795. The standard InChI is InChI=1S/C15H27N3O3/c1-3-15(5-4-6-16-11-15)14(21)18-9-7-17(8-10-18)12(2)13(19)20/h12,16H,3-11H2,1-2H3,(H,19,20). The van der Waals surface area contributed by atoms with Gasteiger partial charge in [-0.25, -0.2) is 0 Å². The number of carboxylic acid groups (broad SMARTS) is 1. The summed E-state index contributed by atoms with van der Waals surface area (Å²) >= 11 is 0. The van der Waals surface area contributed by atoms with E-state index in [9.17, 15) is 9.59 Å². The average Bonchev–Trinajstić information content (AvgIpc) is 2.54. The zero-order chi connectivity index (χ0) is 15.5. The van der Waals surface area contributed by atoms with Crippen molar-refractivity contribution in [1.29, 1.82) is 0 Å². The van der Waals surface area contributed by atoms with E-state index in [0.717, 1.165) is 32.4 Å². The van der Waals surface area contributed by atoms with Crippen molar-refractivity contribution >= 4 is 11.9 Å². The number of piperazine rings is 1. The normalized spacial score (nSPS) is 29.1. The topological polar surface area (TPSA) is 72.9 Å². The Morgan fingerprint density at radius 3 is 2.43 bits per heavy atom. The van der Waals surface area contributed by atoms with E-state index >= 15 is 0 Å². The second-order valence-corrected chi connectivity index (χ2v) is 6.26. The van der Waals surface area contributed by atoms with Crippen molar-refractivity contribution in [2.75, 3.05) is 39.3 Å². The van der Waals surface area contributed by atoms with E-state index in [0.29, 0.717) is 26.2 Å². The third kappa shape index (κ3) is 3.37. The number of amides is 1. The summed E-state index contributed by atoms with van der Waals surface area (Å²) in [5.74, 6) is -0.545. The summed E-state index contributed by atoms with van der Waals surface area (Å²) in [6.45, 7) is 8.13. The van der Waals surface area contributed by atoms with Gasteiger partial charge in [-0.2, -0.15) is 0 Å². The summed E-state index contributed by atoms with van der Waals surface area (Å²) < 4.78 is 0. The van der Waals surface area contributed by atoms with Crippen LogP contribution in [0.1, 0.15) is 33.1 Å². The predicted molar refractivity (Wildman–Crippen MR) is 80.1 cm³/mol. The molecular weight excluding hydrogens is 270 g/mol. The molecule has 0 aromatic carbocycles. The third-order valence-electron chi connectivity index (χ3n) is 5.11. The molecule has 0 radical (unpaired) electrons. The van der Waals surface area contributed by atoms with Crippen LogP contribution in [0.25, 0.3) is 0 Å². The van der Waals surface area contributed by atoms with Gasteiger partial charge in [0.15, 0.2) is 0 Å². The molecule has 0 bridgehead atoms. The number of carboxylic acids is 1. The van der Waals surface area contributed by atoms with Crippen molar-refractivity contribution in [3.63, 3.8) is 0 Å². The maximum Gasteiger partial charge on any atom is 0.320 e. The van der Waals surface area contributed by atoms with E-state index in [1.807, 2.05) is 9.80 Å². The van der Waals surface area contributed by atoms with Crippen LogP contribution in [0.4, 0.5) is 0 Å². The van der Waals surface area contributed by atoms with E-state index in [-0.39, 0.29) is 11.3 Å². The molecule has 2 saturated heterocycles. The number of nitrogens with one attached hydrogen (secondary N) is 1. The number of hydrogen-bond acceptors (Lipinski definition) is 4. The molecule has 2 aliphatic rings. The summed E-state index contributed by atoms with van der Waals surface area (Å²) in [5.41, 5.74) is -0.251. The Balaban J connectivity index is 1.94. The highest BCUT2D eigenvalue weighted by molar-refractivity contribution is 5.83. The van der Waals surface area contributed by atoms with Gasteiger partial charge in [-0.05, 0) is 32.7 Å². The zero-order valence-electron chi connectivity index (χ0n) is 13.1. The van der Waals surface area contributed by atoms with Crippen LogP contribution in [0.5, 0.6) is 0 Å². The molecule has 1 amide bonds. The Morgan fingerprint density at radius 1 is 1.29 bits per heavy atom. The first-order valence-electron chi connectivity index (χ1n) is 7.97. The third-order valence-corrected chi connectivity index (χ3v) is 5.11. The largest absolute Gasteiger partial charge is 0.480 e. The van der Waals surface area contributed by atoms with Crippen LogP contribution in [0.15, 0.2) is 0 Å². The van der Waals surface area contributed by atoms with Gasteiger partial charge in [0.1, 0.15) is 6.04 Å². The first kappa shape index (κ1) is 16.2. The lowest BCUT2D eigenvalue weighted by Gasteiger charge is -2.43. The van der Waals surface area contributed by atoms with Crippen LogP contribution < -0.4 is 5.32 Å². The van der Waals surface area contributed by atoms with Crippen molar-refractivity contribution < 1.29 is 14.7 Å². The second-order valence-electron chi connectivity index (χ2n) is 6.26. The van der Waals surface area contributed by atoms with Crippen molar-refractivity contribution in [2.45, 2.75) is 39.2 Å². The summed E-state index contributed by atoms with van der Waals surface area (Å²) in [5, 5.41) is 12.4. The van der Waals surface area contributed by atoms with Gasteiger partial charge in [0, 0.05) is 32.7 Å². The molecular formula is C15H27N3O3. The van der Waals surface area contributed by atoms with Gasteiger partial charge in [-0.1, -0.05) is 6.92 Å². The van der Waals surface area contributed by atoms with Crippen LogP contribution in [-0.4, -0.2) is 72.1 Å². The molecule has 0 aromatic rings. The van der Waals surface area contributed by atoms with Gasteiger partial charge in [-0.3, -0.25) is 14.5 Å². The Kier molecular flexibility index (Phi) is 5.22. The Morgan fingerprint density at radius 2 is 1.95 bits per heavy atom. The summed E-state index contributed by atoms with van der Waals surface area (Å²) in [6.07, 6.45) is 2.88. The van der Waals surface area contributed by atoms with Gasteiger partial charge >= 0.3 is 5.97 Å². The molecule has 0 aromatic heterocycles. The minimum Gasteiger partial charge on any atom is -0.480 e. The molecule has 2 atom stereocenters. The van der Waals surface area contributed by atoms with E-state index in [4.69, 9.17) is 5.11 Å². The molecule has 2 N–H and O–H groups in total. The van der Waals surface area contributed by atoms with E-state index in [2.05, 4.69) is 12.2 Å². The van der Waals surface area contributed by atoms with Crippen LogP contribution in [0.2, 0.25) is 0 Å². The lowest BCUT2D eigenvalue weighted by atomic mass is 9.77. The van der Waals surface area contributed by atoms with Crippen LogP contribution in [0.3, 0.4) is 0 Å². The van der Waals surface area contributed by atoms with Gasteiger partial charge in [-0.15, -0.1) is 0 Å². The number of carbonyl (C=O) groups is 2. The fraction of sp³-hybridized carbons (Fsp3) is 0.867. The number of piperidine rings is 1. The number of hydrogen-bond donors (Lipinski definition) is 2. The molecule has 2 rings (SSSR count). The zero-order valence-corrected chi connectivity index (χ0v) is 13.1. The molecule has 0 aliphatic carbocycles. The first-order chi connectivity index (χ1) is 10.00. The molecule has 2 aliphatic heterocycles. The van der Waals surface area contributed by atoms with E-state index < -0.39 is 12.0 Å². The number of aliphatic carboxylic acids is 1. The van der Waals surface area contributed by atoms with Gasteiger partial charge in [0.2, 0.25) is 5.91 Å². The molecule has 2 heterocycles. The highest BCUT2D eigenvalue weighted by Crippen LogP contribution is 2.32. The first-order valence-corrected chi connectivity index (χ1v) is 7.97. The number of carbonyl (C=O) groups excluding carboxylic acids is 1. The lowest BCUT2D eigenvalue weighted by Crippen LogP contribution is -2.58. The Bertz CT molecular complexity index is 386. The maximum atomic E-state index is 12.9. The molecule has 21 heavy (non-hydrogen) atoms. The van der Waals surface area contributed by atoms with Gasteiger partial charge in [0.05, 0.1) is 5.41 Å². The Labute approximate surface area is 126 Å². The summed E-state index contributed by atoms with van der Waals surface area (Å²) in [6, 6.07) is -0.473. The highest BCUT2D eigenvalue weighted by Gasteiger charge is 2.41. The lowest BCUT2D eigenvalue weighted by molar-refractivity contribution is -0.148. The average molecular weight is 297 g/mol. The van der Waals surface area contributed by atoms with Crippen molar-refractivity contribution in [3.8, 4) is 0 Å². The van der Waals surface area contributed by atoms with E-state index in [1.54, 1.807) is 6.92 Å². The number of rotatable bonds is 4. The van der Waals surface area contributed by atoms with Crippen molar-refractivity contribution in [1.82, 2.24) is 15.1 Å². The van der Waals surface area contributed by atoms with Crippen molar-refractivity contribution in [2.24, 2.45) is 5.41 Å². The van der Waals surface area contributed by atoms with Crippen LogP contribution in [-0.2, 0) is 9.59 Å². The molecule has 0 spiro atoms. The van der Waals surface area contributed by atoms with Crippen LogP contribution in [0, 0.1) is 5.41 Å². The van der Waals surface area contributed by atoms with Gasteiger partial charge < -0.3 is 15.3 Å². The van der Waals surface area contributed by atoms with Gasteiger partial charge in [0.25, 0.3) is 0 Å². The highest BCUT2D eigenvalue weighted by atomic mass is 16.4. The fourth-order valence-electron chi connectivity index (χ4n) is 3.41. The molecule has 6 heteroatoms. The SMILES string of the molecule is CCC1(C(=O)N2CCN(C(C)C(=O)O)CC2)CCCNC1. The van der Waals surface area contributed by atoms with Crippen LogP contribution >= 0.6 is 0 Å². The molecule has 2 unspecified atom stereocenters. The van der Waals surface area contributed by atoms with E-state index in [1.165, 1.54) is 0 Å². The smallest absolute Gasteiger partial charge is 0.320 e. The molecule has 2 fully saturated rings. The molecule has 120 valence electrons. The number of nitrogens with zero attached hydrogens (tertiary/aromatic N) is 2. The summed E-state index contributed by atoms with van der Waals surface area (Å²) in [7, 11) is 0. The maximum absolute atomic E-state index is 12.9. The predicted octanol–water partition coefficient (Wildman–Crippen LogP) is 0.384.